The molecule has 1 N–H and O–H groups in total. The second kappa shape index (κ2) is 5.45. The summed E-state index contributed by atoms with van der Waals surface area (Å²) in [5.74, 6) is 0. The molecule has 56 valence electrons. The molecule has 0 radical (unpaired) electrons. The molecule has 0 saturated heterocycles. The summed E-state index contributed by atoms with van der Waals surface area (Å²) in [6, 6.07) is 0. The molecule has 0 aromatic rings. The Labute approximate surface area is 70.6 Å². The normalized spacial score (nSPS) is 11.2. The second-order valence-corrected chi connectivity index (χ2v) is 2.84. The van der Waals surface area contributed by atoms with Gasteiger partial charge in [0.05, 0.1) is 0 Å². The first kappa shape index (κ1) is 9.66. The largest absolute Gasteiger partial charge is 0.316 e. The van der Waals surface area contributed by atoms with Crippen molar-refractivity contribution in [1.82, 2.24) is 5.32 Å². The highest BCUT2D eigenvalue weighted by Gasteiger charge is 1.86. The Morgan fingerprint density at radius 3 is 2.70 bits per heavy atom. The first-order valence-electron chi connectivity index (χ1n) is 3.02. The maximum Gasteiger partial charge on any atom is 0.0197 e. The summed E-state index contributed by atoms with van der Waals surface area (Å²) in [7, 11) is 1.89. The third kappa shape index (κ3) is 4.53. The van der Waals surface area contributed by atoms with E-state index in [0.29, 0.717) is 0 Å². The van der Waals surface area contributed by atoms with Gasteiger partial charge in [-0.2, -0.15) is 0 Å². The highest BCUT2D eigenvalue weighted by molar-refractivity contribution is 9.11. The van der Waals surface area contributed by atoms with E-state index in [9.17, 15) is 0 Å². The average Bonchev–Trinajstić information content (AvgIpc) is 1.88. The molecular formula is C8H12BrN. The van der Waals surface area contributed by atoms with Crippen LogP contribution in [0.2, 0.25) is 0 Å². The molecule has 0 aliphatic rings. The van der Waals surface area contributed by atoms with Gasteiger partial charge in [0.25, 0.3) is 0 Å². The summed E-state index contributed by atoms with van der Waals surface area (Å²) in [6.07, 6.45) is 3.67. The van der Waals surface area contributed by atoms with Crippen LogP contribution < -0.4 is 5.32 Å². The minimum Gasteiger partial charge on any atom is -0.316 e. The Kier molecular flexibility index (Phi) is 5.26. The maximum absolute atomic E-state index is 3.82. The highest BCUT2D eigenvalue weighted by Crippen LogP contribution is 2.07. The Morgan fingerprint density at radius 1 is 1.70 bits per heavy atom. The van der Waals surface area contributed by atoms with Crippen molar-refractivity contribution in [3.8, 4) is 0 Å². The zero-order chi connectivity index (χ0) is 7.98. The van der Waals surface area contributed by atoms with Gasteiger partial charge < -0.3 is 5.32 Å². The molecule has 0 aromatic carbocycles. The van der Waals surface area contributed by atoms with Crippen molar-refractivity contribution in [3.63, 3.8) is 0 Å². The molecule has 1 nitrogen and oxygen atoms in total. The van der Waals surface area contributed by atoms with Crippen LogP contribution in [0.4, 0.5) is 0 Å². The number of hydrogen-bond donors (Lipinski definition) is 1. The smallest absolute Gasteiger partial charge is 0.0197 e. The molecule has 0 aromatic heterocycles. The Morgan fingerprint density at radius 2 is 2.30 bits per heavy atom. The predicted octanol–water partition coefficient (Wildman–Crippen LogP) is 2.23. The molecule has 0 amide bonds. The van der Waals surface area contributed by atoms with Crippen LogP contribution in [0.5, 0.6) is 0 Å². The molecule has 0 saturated carbocycles. The molecule has 0 aliphatic carbocycles. The van der Waals surface area contributed by atoms with E-state index in [4.69, 9.17) is 0 Å². The van der Waals surface area contributed by atoms with Crippen LogP contribution in [0, 0.1) is 0 Å². The van der Waals surface area contributed by atoms with Crippen molar-refractivity contribution in [2.45, 2.75) is 0 Å². The van der Waals surface area contributed by atoms with Crippen LogP contribution in [-0.2, 0) is 0 Å². The lowest BCUT2D eigenvalue weighted by Crippen LogP contribution is -2.08. The maximum atomic E-state index is 3.82. The number of hydrogen-bond acceptors (Lipinski definition) is 1. The van der Waals surface area contributed by atoms with Gasteiger partial charge in [0.1, 0.15) is 0 Å². The number of rotatable bonds is 4. The van der Waals surface area contributed by atoms with Crippen molar-refractivity contribution in [2.24, 2.45) is 0 Å². The molecule has 10 heavy (non-hydrogen) atoms. The van der Waals surface area contributed by atoms with Gasteiger partial charge in [-0.15, -0.1) is 0 Å². The van der Waals surface area contributed by atoms with Crippen LogP contribution in [0.25, 0.3) is 0 Å². The van der Waals surface area contributed by atoms with Gasteiger partial charge in [0.15, 0.2) is 0 Å². The summed E-state index contributed by atoms with van der Waals surface area (Å²) < 4.78 is 0.966. The lowest BCUT2D eigenvalue weighted by Gasteiger charge is -1.96. The van der Waals surface area contributed by atoms with E-state index < -0.39 is 0 Å². The van der Waals surface area contributed by atoms with Crippen LogP contribution in [0.1, 0.15) is 0 Å². The van der Waals surface area contributed by atoms with E-state index >= 15 is 0 Å². The van der Waals surface area contributed by atoms with Crippen LogP contribution >= 0.6 is 15.9 Å². The molecule has 0 aliphatic heterocycles. The summed E-state index contributed by atoms with van der Waals surface area (Å²) in [5, 5.41) is 3.00. The third-order valence-corrected chi connectivity index (χ3v) is 1.49. The van der Waals surface area contributed by atoms with Gasteiger partial charge >= 0.3 is 0 Å². The van der Waals surface area contributed by atoms with Crippen molar-refractivity contribution in [1.29, 1.82) is 0 Å². The average molecular weight is 202 g/mol. The van der Waals surface area contributed by atoms with E-state index in [1.54, 1.807) is 6.08 Å². The van der Waals surface area contributed by atoms with E-state index in [1.807, 2.05) is 13.1 Å². The van der Waals surface area contributed by atoms with E-state index in [0.717, 1.165) is 16.6 Å². The molecule has 0 bridgehead atoms. The first-order chi connectivity index (χ1) is 4.70. The molecule has 2 heteroatoms. The summed E-state index contributed by atoms with van der Waals surface area (Å²) >= 11 is 3.30. The molecule has 0 heterocycles. The Hall–Kier alpha value is -0.340. The van der Waals surface area contributed by atoms with Gasteiger partial charge in [-0.1, -0.05) is 35.2 Å². The fraction of sp³-hybridized carbons (Fsp3) is 0.250. The lowest BCUT2D eigenvalue weighted by atomic mass is 10.3. The number of halogens is 1. The fourth-order valence-electron chi connectivity index (χ4n) is 0.532. The van der Waals surface area contributed by atoms with Crippen LogP contribution in [0.15, 0.2) is 35.4 Å². The molecule has 0 fully saturated rings. The molecule has 0 rings (SSSR count). The standard InChI is InChI=1S/C8H12BrN/c1-4-8(9)5-7(2)6-10-3/h4-5,10H,1-2,6H2,3H3/b8-5+. The highest BCUT2D eigenvalue weighted by atomic mass is 79.9. The quantitative estimate of drug-likeness (QED) is 0.689. The van der Waals surface area contributed by atoms with E-state index in [2.05, 4.69) is 34.4 Å². The van der Waals surface area contributed by atoms with E-state index in [1.165, 1.54) is 0 Å². The van der Waals surface area contributed by atoms with Crippen molar-refractivity contribution < 1.29 is 0 Å². The van der Waals surface area contributed by atoms with E-state index in [-0.39, 0.29) is 0 Å². The topological polar surface area (TPSA) is 12.0 Å². The lowest BCUT2D eigenvalue weighted by molar-refractivity contribution is 0.898. The molecule has 0 spiro atoms. The van der Waals surface area contributed by atoms with Crippen LogP contribution in [0.3, 0.4) is 0 Å². The minimum atomic E-state index is 0.808. The number of allylic oxidation sites excluding steroid dienone is 2. The van der Waals surface area contributed by atoms with Crippen LogP contribution in [-0.4, -0.2) is 13.6 Å². The zero-order valence-corrected chi connectivity index (χ0v) is 7.74. The Bertz CT molecular complexity index is 159. The van der Waals surface area contributed by atoms with Gasteiger partial charge in [-0.3, -0.25) is 0 Å². The molecular weight excluding hydrogens is 190 g/mol. The third-order valence-electron chi connectivity index (χ3n) is 0.941. The summed E-state index contributed by atoms with van der Waals surface area (Å²) in [4.78, 5) is 0. The van der Waals surface area contributed by atoms with Crippen molar-refractivity contribution >= 4 is 15.9 Å². The Balaban J connectivity index is 3.86. The summed E-state index contributed by atoms with van der Waals surface area (Å²) in [5.41, 5.74) is 1.04. The zero-order valence-electron chi connectivity index (χ0n) is 6.15. The SMILES string of the molecule is C=C/C(Br)=C\C(=C)CNC. The molecule has 0 atom stereocenters. The van der Waals surface area contributed by atoms with Crippen molar-refractivity contribution in [3.05, 3.63) is 35.4 Å². The van der Waals surface area contributed by atoms with Gasteiger partial charge in [0, 0.05) is 11.0 Å². The monoisotopic (exact) mass is 201 g/mol. The number of likely N-dealkylation sites (N-methyl/N-ethyl adjacent to an activating group) is 1. The molecule has 0 unspecified atom stereocenters. The van der Waals surface area contributed by atoms with Crippen molar-refractivity contribution in [2.75, 3.05) is 13.6 Å². The second-order valence-electron chi connectivity index (χ2n) is 1.92. The van der Waals surface area contributed by atoms with Gasteiger partial charge in [-0.25, -0.2) is 0 Å². The van der Waals surface area contributed by atoms with Gasteiger partial charge in [-0.05, 0) is 18.7 Å². The summed E-state index contributed by atoms with van der Waals surface area (Å²) in [6.45, 7) is 8.22. The predicted molar refractivity (Wildman–Crippen MR) is 50.3 cm³/mol. The van der Waals surface area contributed by atoms with Gasteiger partial charge in [0.2, 0.25) is 0 Å². The first-order valence-corrected chi connectivity index (χ1v) is 3.82. The minimum absolute atomic E-state index is 0.808. The number of nitrogens with one attached hydrogen (secondary N) is 1. The fourth-order valence-corrected chi connectivity index (χ4v) is 0.856.